The highest BCUT2D eigenvalue weighted by molar-refractivity contribution is 6.04. The third kappa shape index (κ3) is 5.32. The van der Waals surface area contributed by atoms with Crippen molar-refractivity contribution in [3.05, 3.63) is 102 Å². The highest BCUT2D eigenvalue weighted by Crippen LogP contribution is 2.38. The molecule has 0 radical (unpaired) electrons. The molecule has 2 aromatic heterocycles. The molecule has 0 bridgehead atoms. The second-order valence-corrected chi connectivity index (χ2v) is 8.07. The summed E-state index contributed by atoms with van der Waals surface area (Å²) in [5.74, 6) is 0.0814. The third-order valence-corrected chi connectivity index (χ3v) is 5.69. The minimum Gasteiger partial charge on any atom is -0.467 e. The van der Waals surface area contributed by atoms with Crippen LogP contribution in [0.5, 0.6) is 11.5 Å². The van der Waals surface area contributed by atoms with Crippen molar-refractivity contribution in [1.29, 1.82) is 0 Å². The minimum absolute atomic E-state index is 0.0533. The molecule has 0 saturated carbocycles. The van der Waals surface area contributed by atoms with Crippen LogP contribution in [-0.2, 0) is 16.1 Å². The fourth-order valence-corrected chi connectivity index (χ4v) is 3.95. The van der Waals surface area contributed by atoms with Crippen molar-refractivity contribution in [2.24, 2.45) is 0 Å². The number of furan rings is 2. The van der Waals surface area contributed by atoms with Crippen LogP contribution in [0.3, 0.4) is 0 Å². The Balaban J connectivity index is 1.48. The van der Waals surface area contributed by atoms with Crippen LogP contribution in [-0.4, -0.2) is 31.1 Å². The van der Waals surface area contributed by atoms with E-state index in [2.05, 4.69) is 10.6 Å². The third-order valence-electron chi connectivity index (χ3n) is 5.69. The zero-order valence-corrected chi connectivity index (χ0v) is 19.6. The van der Waals surface area contributed by atoms with Crippen molar-refractivity contribution in [3.8, 4) is 11.5 Å². The van der Waals surface area contributed by atoms with E-state index in [1.807, 2.05) is 6.07 Å². The second-order valence-electron chi connectivity index (χ2n) is 8.07. The monoisotopic (exact) mass is 501 g/mol. The molecule has 2 N–H and O–H groups in total. The lowest BCUT2D eigenvalue weighted by Crippen LogP contribution is -2.47. The van der Waals surface area contributed by atoms with Crippen LogP contribution in [0.25, 0.3) is 0 Å². The normalized spacial score (nSPS) is 12.5. The fourth-order valence-electron chi connectivity index (χ4n) is 3.95. The predicted octanol–water partition coefficient (Wildman–Crippen LogP) is 3.42. The van der Waals surface area contributed by atoms with Crippen molar-refractivity contribution < 1.29 is 32.7 Å². The number of anilines is 1. The Morgan fingerprint density at radius 2 is 1.62 bits per heavy atom. The molecular weight excluding hydrogens is 478 g/mol. The standard InChI is InChI=1S/C27H23N3O7/c31-24(16-29-26(32)22-9-5-13-35-22)30(19-10-11-21-23(14-19)37-17-36-21)25(18-6-2-1-3-7-18)27(33)28-15-20-8-4-12-34-20/h1-14,25H,15-17H2,(H,28,33)(H,29,32)/t25-/m1/s1. The van der Waals surface area contributed by atoms with Gasteiger partial charge in [-0.2, -0.15) is 0 Å². The Morgan fingerprint density at radius 1 is 0.838 bits per heavy atom. The van der Waals surface area contributed by atoms with Crippen molar-refractivity contribution in [2.45, 2.75) is 12.6 Å². The molecule has 1 aliphatic heterocycles. The average Bonchev–Trinajstić information content (AvgIpc) is 3.72. The Morgan fingerprint density at radius 3 is 2.38 bits per heavy atom. The number of fused-ring (bicyclic) bond motifs is 1. The smallest absolute Gasteiger partial charge is 0.287 e. The number of rotatable bonds is 9. The number of amides is 3. The molecule has 0 unspecified atom stereocenters. The number of ether oxygens (including phenoxy) is 2. The molecule has 0 spiro atoms. The van der Waals surface area contributed by atoms with E-state index in [0.29, 0.717) is 28.5 Å². The zero-order valence-electron chi connectivity index (χ0n) is 19.6. The number of hydrogen-bond acceptors (Lipinski definition) is 7. The number of carbonyl (C=O) groups excluding carboxylic acids is 3. The maximum absolute atomic E-state index is 13.7. The molecule has 4 aromatic rings. The first-order chi connectivity index (χ1) is 18.1. The van der Waals surface area contributed by atoms with Gasteiger partial charge in [-0.3, -0.25) is 19.3 Å². The molecule has 3 amide bonds. The number of hydrogen-bond donors (Lipinski definition) is 2. The van der Waals surface area contributed by atoms with Crippen LogP contribution in [0.1, 0.15) is 27.9 Å². The summed E-state index contributed by atoms with van der Waals surface area (Å²) in [7, 11) is 0. The molecular formula is C27H23N3O7. The van der Waals surface area contributed by atoms with Gasteiger partial charge in [-0.05, 0) is 42.0 Å². The first-order valence-electron chi connectivity index (χ1n) is 11.5. The van der Waals surface area contributed by atoms with Crippen LogP contribution in [0.2, 0.25) is 0 Å². The highest BCUT2D eigenvalue weighted by Gasteiger charge is 2.34. The maximum atomic E-state index is 13.7. The first kappa shape index (κ1) is 23.7. The van der Waals surface area contributed by atoms with Gasteiger partial charge >= 0.3 is 0 Å². The topological polar surface area (TPSA) is 123 Å². The number of benzene rings is 2. The molecule has 1 atom stereocenters. The van der Waals surface area contributed by atoms with E-state index in [-0.39, 0.29) is 25.6 Å². The van der Waals surface area contributed by atoms with E-state index in [9.17, 15) is 14.4 Å². The fraction of sp³-hybridized carbons (Fsp3) is 0.148. The van der Waals surface area contributed by atoms with Gasteiger partial charge in [0, 0.05) is 11.8 Å². The highest BCUT2D eigenvalue weighted by atomic mass is 16.7. The van der Waals surface area contributed by atoms with Crippen LogP contribution in [0.15, 0.2) is 94.2 Å². The molecule has 3 heterocycles. The van der Waals surface area contributed by atoms with Gasteiger partial charge in [0.2, 0.25) is 18.6 Å². The number of nitrogens with zero attached hydrogens (tertiary/aromatic N) is 1. The lowest BCUT2D eigenvalue weighted by Gasteiger charge is -2.31. The molecule has 37 heavy (non-hydrogen) atoms. The molecule has 1 aliphatic rings. The van der Waals surface area contributed by atoms with E-state index in [1.165, 1.54) is 23.5 Å². The van der Waals surface area contributed by atoms with Gasteiger partial charge in [0.15, 0.2) is 17.3 Å². The van der Waals surface area contributed by atoms with Gasteiger partial charge in [0.05, 0.1) is 25.6 Å². The molecule has 10 heteroatoms. The van der Waals surface area contributed by atoms with Crippen LogP contribution < -0.4 is 25.0 Å². The molecule has 0 aliphatic carbocycles. The molecule has 188 valence electrons. The summed E-state index contributed by atoms with van der Waals surface area (Å²) in [6.45, 7) is -0.200. The van der Waals surface area contributed by atoms with E-state index >= 15 is 0 Å². The lowest BCUT2D eigenvalue weighted by molar-refractivity contribution is -0.126. The second kappa shape index (κ2) is 10.7. The van der Waals surface area contributed by atoms with Crippen molar-refractivity contribution in [1.82, 2.24) is 10.6 Å². The summed E-state index contributed by atoms with van der Waals surface area (Å²) in [6, 6.07) is 19.3. The molecule has 5 rings (SSSR count). The maximum Gasteiger partial charge on any atom is 0.287 e. The largest absolute Gasteiger partial charge is 0.467 e. The van der Waals surface area contributed by atoms with Crippen LogP contribution >= 0.6 is 0 Å². The van der Waals surface area contributed by atoms with Gasteiger partial charge in [-0.25, -0.2) is 0 Å². The Labute approximate surface area is 211 Å². The van der Waals surface area contributed by atoms with E-state index in [0.717, 1.165) is 0 Å². The summed E-state index contributed by atoms with van der Waals surface area (Å²) in [5, 5.41) is 5.40. The average molecular weight is 501 g/mol. The van der Waals surface area contributed by atoms with E-state index < -0.39 is 23.8 Å². The van der Waals surface area contributed by atoms with Crippen LogP contribution in [0.4, 0.5) is 5.69 Å². The Bertz CT molecular complexity index is 1370. The summed E-state index contributed by atoms with van der Waals surface area (Å²) >= 11 is 0. The van der Waals surface area contributed by atoms with Crippen molar-refractivity contribution >= 4 is 23.4 Å². The number of carbonyl (C=O) groups is 3. The van der Waals surface area contributed by atoms with Gasteiger partial charge in [-0.1, -0.05) is 30.3 Å². The SMILES string of the molecule is O=C(NCC(=O)N(c1ccc2c(c1)OCO2)[C@@H](C(=O)NCc1ccco1)c1ccccc1)c1ccco1. The number of nitrogens with one attached hydrogen (secondary N) is 2. The zero-order chi connectivity index (χ0) is 25.6. The van der Waals surface area contributed by atoms with Gasteiger partial charge in [0.25, 0.3) is 5.91 Å². The summed E-state index contributed by atoms with van der Waals surface area (Å²) < 4.78 is 21.3. The molecule has 0 saturated heterocycles. The Hall–Kier alpha value is -4.99. The Kier molecular flexibility index (Phi) is 6.89. The van der Waals surface area contributed by atoms with Gasteiger partial charge < -0.3 is 28.9 Å². The minimum atomic E-state index is -1.07. The van der Waals surface area contributed by atoms with Crippen molar-refractivity contribution in [2.75, 3.05) is 18.2 Å². The van der Waals surface area contributed by atoms with Gasteiger partial charge in [0.1, 0.15) is 11.8 Å². The first-order valence-corrected chi connectivity index (χ1v) is 11.5. The van der Waals surface area contributed by atoms with E-state index in [4.69, 9.17) is 18.3 Å². The summed E-state index contributed by atoms with van der Waals surface area (Å²) in [4.78, 5) is 41.1. The summed E-state index contributed by atoms with van der Waals surface area (Å²) in [6.07, 6.45) is 2.88. The van der Waals surface area contributed by atoms with Crippen molar-refractivity contribution in [3.63, 3.8) is 0 Å². The lowest BCUT2D eigenvalue weighted by atomic mass is 10.0. The molecule has 2 aromatic carbocycles. The quantitative estimate of drug-likeness (QED) is 0.360. The summed E-state index contributed by atoms with van der Waals surface area (Å²) in [5.41, 5.74) is 0.964. The van der Waals surface area contributed by atoms with Crippen LogP contribution in [0, 0.1) is 0 Å². The van der Waals surface area contributed by atoms with E-state index in [1.54, 1.807) is 60.7 Å². The molecule has 0 fully saturated rings. The van der Waals surface area contributed by atoms with Gasteiger partial charge in [-0.15, -0.1) is 0 Å². The molecule has 10 nitrogen and oxygen atoms in total. The predicted molar refractivity (Wildman–Crippen MR) is 131 cm³/mol.